The number of benzene rings is 1. The van der Waals surface area contributed by atoms with Crippen molar-refractivity contribution in [2.75, 3.05) is 19.6 Å². The summed E-state index contributed by atoms with van der Waals surface area (Å²) in [6.45, 7) is 6.09. The minimum Gasteiger partial charge on any atom is -0.343 e. The Hall–Kier alpha value is -1.71. The first-order valence-corrected chi connectivity index (χ1v) is 9.22. The topological polar surface area (TPSA) is 110 Å². The molecule has 0 spiro atoms. The lowest BCUT2D eigenvalue weighted by Crippen LogP contribution is -2.34. The molecule has 0 aliphatic rings. The van der Waals surface area contributed by atoms with E-state index >= 15 is 0 Å². The SMILES string of the molecule is CCN(CC)C(=O)CCNS(=O)(=O)c1cc(Cl)c(C)c([N+](=O)[O-])c1. The molecule has 0 heterocycles. The summed E-state index contributed by atoms with van der Waals surface area (Å²) in [5, 5.41) is 11.0. The van der Waals surface area contributed by atoms with Crippen molar-refractivity contribution in [3.8, 4) is 0 Å². The van der Waals surface area contributed by atoms with Gasteiger partial charge in [0.05, 0.1) is 14.8 Å². The number of amides is 1. The Labute approximate surface area is 146 Å². The molecule has 134 valence electrons. The van der Waals surface area contributed by atoms with E-state index in [2.05, 4.69) is 4.72 Å². The van der Waals surface area contributed by atoms with Crippen LogP contribution in [0.3, 0.4) is 0 Å². The molecular formula is C14H20ClN3O5S. The Balaban J connectivity index is 2.90. The highest BCUT2D eigenvalue weighted by Gasteiger charge is 2.22. The van der Waals surface area contributed by atoms with Crippen molar-refractivity contribution in [1.29, 1.82) is 0 Å². The standard InChI is InChI=1S/C14H20ClN3O5S/c1-4-17(5-2)14(19)6-7-16-24(22,23)11-8-12(15)10(3)13(9-11)18(20)21/h8-9,16H,4-7H2,1-3H3. The van der Waals surface area contributed by atoms with Crippen LogP contribution in [0.15, 0.2) is 17.0 Å². The third kappa shape index (κ3) is 4.89. The van der Waals surface area contributed by atoms with Crippen molar-refractivity contribution in [3.63, 3.8) is 0 Å². The maximum Gasteiger partial charge on any atom is 0.275 e. The summed E-state index contributed by atoms with van der Waals surface area (Å²) in [5.74, 6) is -0.171. The molecule has 24 heavy (non-hydrogen) atoms. The smallest absolute Gasteiger partial charge is 0.275 e. The number of nitrogens with zero attached hydrogens (tertiary/aromatic N) is 2. The molecule has 1 N–H and O–H groups in total. The van der Waals surface area contributed by atoms with Crippen LogP contribution in [0.4, 0.5) is 5.69 Å². The van der Waals surface area contributed by atoms with Gasteiger partial charge in [-0.05, 0) is 26.8 Å². The number of rotatable bonds is 8. The van der Waals surface area contributed by atoms with Gasteiger partial charge in [-0.2, -0.15) is 0 Å². The second kappa shape index (κ2) is 8.41. The largest absolute Gasteiger partial charge is 0.343 e. The Bertz CT molecular complexity index is 732. The van der Waals surface area contributed by atoms with Crippen LogP contribution in [0.2, 0.25) is 5.02 Å². The van der Waals surface area contributed by atoms with Crippen LogP contribution in [0, 0.1) is 17.0 Å². The van der Waals surface area contributed by atoms with Crippen molar-refractivity contribution < 1.29 is 18.1 Å². The van der Waals surface area contributed by atoms with Gasteiger partial charge in [-0.25, -0.2) is 13.1 Å². The van der Waals surface area contributed by atoms with E-state index in [1.54, 1.807) is 4.90 Å². The summed E-state index contributed by atoms with van der Waals surface area (Å²) in [5.41, 5.74) is -0.181. The zero-order valence-corrected chi connectivity index (χ0v) is 15.3. The lowest BCUT2D eigenvalue weighted by atomic mass is 10.2. The molecule has 0 atom stereocenters. The fourth-order valence-electron chi connectivity index (χ4n) is 2.10. The zero-order valence-electron chi connectivity index (χ0n) is 13.7. The van der Waals surface area contributed by atoms with Gasteiger partial charge in [-0.3, -0.25) is 14.9 Å². The van der Waals surface area contributed by atoms with Gasteiger partial charge in [0.1, 0.15) is 0 Å². The zero-order chi connectivity index (χ0) is 18.5. The molecule has 8 nitrogen and oxygen atoms in total. The van der Waals surface area contributed by atoms with E-state index in [0.29, 0.717) is 13.1 Å². The molecule has 0 saturated heterocycles. The van der Waals surface area contributed by atoms with Crippen molar-refractivity contribution in [2.45, 2.75) is 32.1 Å². The molecule has 10 heteroatoms. The van der Waals surface area contributed by atoms with E-state index in [0.717, 1.165) is 12.1 Å². The molecule has 0 bridgehead atoms. The molecule has 0 fully saturated rings. The average molecular weight is 378 g/mol. The van der Waals surface area contributed by atoms with Crippen LogP contribution in [-0.2, 0) is 14.8 Å². The highest BCUT2D eigenvalue weighted by Crippen LogP contribution is 2.29. The molecule has 0 aliphatic carbocycles. The first-order chi connectivity index (χ1) is 11.1. The van der Waals surface area contributed by atoms with E-state index < -0.39 is 14.9 Å². The highest BCUT2D eigenvalue weighted by atomic mass is 35.5. The summed E-state index contributed by atoms with van der Waals surface area (Å²) in [4.78, 5) is 23.4. The number of halogens is 1. The second-order valence-corrected chi connectivity index (χ2v) is 7.19. The summed E-state index contributed by atoms with van der Waals surface area (Å²) in [6, 6.07) is 2.11. The second-order valence-electron chi connectivity index (χ2n) is 5.02. The van der Waals surface area contributed by atoms with Crippen molar-refractivity contribution in [2.24, 2.45) is 0 Å². The van der Waals surface area contributed by atoms with Crippen LogP contribution in [0.1, 0.15) is 25.8 Å². The van der Waals surface area contributed by atoms with Crippen molar-refractivity contribution in [1.82, 2.24) is 9.62 Å². The number of nitro benzene ring substituents is 1. The van der Waals surface area contributed by atoms with Gasteiger partial charge in [0.2, 0.25) is 15.9 Å². The first-order valence-electron chi connectivity index (χ1n) is 7.36. The molecule has 0 saturated carbocycles. The number of nitrogens with one attached hydrogen (secondary N) is 1. The van der Waals surface area contributed by atoms with Crippen LogP contribution in [0.5, 0.6) is 0 Å². The van der Waals surface area contributed by atoms with Crippen molar-refractivity contribution in [3.05, 3.63) is 32.8 Å². The fourth-order valence-corrected chi connectivity index (χ4v) is 3.45. The van der Waals surface area contributed by atoms with E-state index in [-0.39, 0.29) is 40.0 Å². The van der Waals surface area contributed by atoms with Gasteiger partial charge in [0, 0.05) is 37.7 Å². The minimum atomic E-state index is -4.00. The van der Waals surface area contributed by atoms with Crippen molar-refractivity contribution >= 4 is 33.2 Å². The summed E-state index contributed by atoms with van der Waals surface area (Å²) >= 11 is 5.88. The molecular weight excluding hydrogens is 358 g/mol. The Morgan fingerprint density at radius 2 is 1.92 bits per heavy atom. The number of carbonyl (C=O) groups excluding carboxylic acids is 1. The number of hydrogen-bond acceptors (Lipinski definition) is 5. The van der Waals surface area contributed by atoms with E-state index in [1.165, 1.54) is 6.92 Å². The molecule has 1 aromatic carbocycles. The molecule has 1 aromatic rings. The highest BCUT2D eigenvalue weighted by molar-refractivity contribution is 7.89. The third-order valence-corrected chi connectivity index (χ3v) is 5.38. The van der Waals surface area contributed by atoms with Gasteiger partial charge in [0.15, 0.2) is 0 Å². The van der Waals surface area contributed by atoms with E-state index in [9.17, 15) is 23.3 Å². The minimum absolute atomic E-state index is 0.00258. The summed E-state index contributed by atoms with van der Waals surface area (Å²) in [6.07, 6.45) is 0.00258. The summed E-state index contributed by atoms with van der Waals surface area (Å²) in [7, 11) is -4.00. The molecule has 0 aromatic heterocycles. The van der Waals surface area contributed by atoms with Gasteiger partial charge in [0.25, 0.3) is 5.69 Å². The third-order valence-electron chi connectivity index (χ3n) is 3.54. The van der Waals surface area contributed by atoms with Gasteiger partial charge in [-0.1, -0.05) is 11.6 Å². The Morgan fingerprint density at radius 1 is 1.33 bits per heavy atom. The predicted octanol–water partition coefficient (Wildman–Crippen LogP) is 2.09. The number of nitro groups is 1. The fraction of sp³-hybridized carbons (Fsp3) is 0.500. The number of sulfonamides is 1. The lowest BCUT2D eigenvalue weighted by molar-refractivity contribution is -0.385. The molecule has 0 aliphatic heterocycles. The van der Waals surface area contributed by atoms with E-state index in [1.807, 2.05) is 13.8 Å². The van der Waals surface area contributed by atoms with Crippen LogP contribution in [-0.4, -0.2) is 43.8 Å². The Morgan fingerprint density at radius 3 is 2.42 bits per heavy atom. The number of hydrogen-bond donors (Lipinski definition) is 1. The molecule has 1 rings (SSSR count). The maximum atomic E-state index is 12.2. The Kier molecular flexibility index (Phi) is 7.12. The van der Waals surface area contributed by atoms with Gasteiger partial charge >= 0.3 is 0 Å². The summed E-state index contributed by atoms with van der Waals surface area (Å²) < 4.78 is 26.8. The molecule has 0 unspecified atom stereocenters. The van der Waals surface area contributed by atoms with Crippen LogP contribution < -0.4 is 4.72 Å². The quantitative estimate of drug-likeness (QED) is 0.551. The van der Waals surface area contributed by atoms with Gasteiger partial charge in [-0.15, -0.1) is 0 Å². The average Bonchev–Trinajstić information content (AvgIpc) is 2.50. The van der Waals surface area contributed by atoms with E-state index in [4.69, 9.17) is 11.6 Å². The molecule has 0 radical (unpaired) electrons. The molecule has 1 amide bonds. The predicted molar refractivity (Wildman–Crippen MR) is 90.6 cm³/mol. The van der Waals surface area contributed by atoms with Crippen LogP contribution >= 0.6 is 11.6 Å². The lowest BCUT2D eigenvalue weighted by Gasteiger charge is -2.18. The van der Waals surface area contributed by atoms with Crippen LogP contribution in [0.25, 0.3) is 0 Å². The maximum absolute atomic E-state index is 12.2. The first kappa shape index (κ1) is 20.3. The number of carbonyl (C=O) groups is 1. The normalized spacial score (nSPS) is 11.3. The van der Waals surface area contributed by atoms with Gasteiger partial charge < -0.3 is 4.90 Å². The monoisotopic (exact) mass is 377 g/mol.